The first-order valence-corrected chi connectivity index (χ1v) is 9.22. The van der Waals surface area contributed by atoms with E-state index in [-0.39, 0.29) is 42.4 Å². The van der Waals surface area contributed by atoms with Crippen LogP contribution >= 0.6 is 0 Å². The number of hydrogen-bond donors (Lipinski definition) is 6. The van der Waals surface area contributed by atoms with Crippen LogP contribution < -0.4 is 9.47 Å². The van der Waals surface area contributed by atoms with Crippen molar-refractivity contribution in [2.45, 2.75) is 43.0 Å². The molecule has 5 rings (SSSR count). The zero-order valence-electron chi connectivity index (χ0n) is 15.1. The highest BCUT2D eigenvalue weighted by molar-refractivity contribution is 5.60. The van der Waals surface area contributed by atoms with E-state index >= 15 is 0 Å². The summed E-state index contributed by atoms with van der Waals surface area (Å²) < 4.78 is 17.3. The Bertz CT molecular complexity index is 990. The summed E-state index contributed by atoms with van der Waals surface area (Å²) in [5.41, 5.74) is 1.38. The maximum absolute atomic E-state index is 10.6. The van der Waals surface area contributed by atoms with E-state index < -0.39 is 30.2 Å². The summed E-state index contributed by atoms with van der Waals surface area (Å²) >= 11 is 0. The molecule has 1 saturated heterocycles. The van der Waals surface area contributed by atoms with Gasteiger partial charge in [0.1, 0.15) is 35.6 Å². The molecule has 0 aliphatic carbocycles. The van der Waals surface area contributed by atoms with E-state index in [1.165, 1.54) is 24.3 Å². The molecule has 0 unspecified atom stereocenters. The van der Waals surface area contributed by atoms with Crippen molar-refractivity contribution in [1.82, 2.24) is 0 Å². The Morgan fingerprint density at radius 1 is 0.897 bits per heavy atom. The molecular weight excluding hydrogens is 384 g/mol. The molecule has 1 spiro atoms. The molecular formula is C20H20O9. The lowest BCUT2D eigenvalue weighted by Gasteiger charge is -2.32. The van der Waals surface area contributed by atoms with Gasteiger partial charge in [0, 0.05) is 30.0 Å². The summed E-state index contributed by atoms with van der Waals surface area (Å²) in [6, 6.07) is 5.50. The first-order valence-electron chi connectivity index (χ1n) is 9.22. The first kappa shape index (κ1) is 18.3. The minimum absolute atomic E-state index is 0.0831. The highest BCUT2D eigenvalue weighted by atomic mass is 16.7. The Morgan fingerprint density at radius 3 is 2.38 bits per heavy atom. The van der Waals surface area contributed by atoms with E-state index in [0.29, 0.717) is 22.4 Å². The van der Waals surface area contributed by atoms with Crippen LogP contribution in [0.25, 0.3) is 0 Å². The molecule has 2 aromatic rings. The molecule has 3 aliphatic heterocycles. The molecule has 29 heavy (non-hydrogen) atoms. The van der Waals surface area contributed by atoms with Gasteiger partial charge in [0.25, 0.3) is 0 Å². The molecule has 0 saturated carbocycles. The van der Waals surface area contributed by atoms with Gasteiger partial charge in [-0.2, -0.15) is 0 Å². The molecule has 2 aromatic carbocycles. The Hall–Kier alpha value is -2.72. The minimum Gasteiger partial charge on any atom is -0.507 e. The number of ether oxygens (including phenoxy) is 3. The Kier molecular flexibility index (Phi) is 3.88. The van der Waals surface area contributed by atoms with Crippen molar-refractivity contribution < 1.29 is 44.8 Å². The molecule has 1 fully saturated rings. The van der Waals surface area contributed by atoms with E-state index in [4.69, 9.17) is 14.2 Å². The van der Waals surface area contributed by atoms with Gasteiger partial charge in [-0.1, -0.05) is 6.07 Å². The summed E-state index contributed by atoms with van der Waals surface area (Å²) in [5.74, 6) is -1.66. The zero-order valence-corrected chi connectivity index (χ0v) is 15.1. The second-order valence-electron chi connectivity index (χ2n) is 7.65. The molecule has 3 aliphatic rings. The maximum Gasteiger partial charge on any atom is 0.243 e. The molecule has 0 radical (unpaired) electrons. The normalized spacial score (nSPS) is 32.5. The van der Waals surface area contributed by atoms with Gasteiger partial charge in [-0.25, -0.2) is 0 Å². The van der Waals surface area contributed by atoms with E-state index in [2.05, 4.69) is 0 Å². The van der Waals surface area contributed by atoms with Crippen molar-refractivity contribution in [2.24, 2.45) is 0 Å². The summed E-state index contributed by atoms with van der Waals surface area (Å²) in [6.07, 6.45) is -4.07. The second-order valence-corrected chi connectivity index (χ2v) is 7.65. The van der Waals surface area contributed by atoms with Crippen LogP contribution in [0.1, 0.15) is 22.8 Å². The number of phenolic OH excluding ortho intramolecular Hbond substituents is 3. The van der Waals surface area contributed by atoms with Crippen LogP contribution in [-0.4, -0.2) is 61.3 Å². The number of aliphatic hydroxyl groups is 3. The molecule has 154 valence electrons. The van der Waals surface area contributed by atoms with Gasteiger partial charge in [-0.05, 0) is 17.7 Å². The average molecular weight is 404 g/mol. The third-order valence-corrected chi connectivity index (χ3v) is 5.78. The monoisotopic (exact) mass is 404 g/mol. The van der Waals surface area contributed by atoms with Gasteiger partial charge >= 0.3 is 0 Å². The second kappa shape index (κ2) is 6.14. The van der Waals surface area contributed by atoms with Crippen molar-refractivity contribution in [3.63, 3.8) is 0 Å². The highest BCUT2D eigenvalue weighted by Gasteiger charge is 2.56. The van der Waals surface area contributed by atoms with Gasteiger partial charge in [0.15, 0.2) is 11.5 Å². The fourth-order valence-corrected chi connectivity index (χ4v) is 4.25. The molecule has 0 amide bonds. The number of phenols is 3. The molecule has 0 bridgehead atoms. The van der Waals surface area contributed by atoms with Gasteiger partial charge in [0.05, 0.1) is 12.7 Å². The number of benzene rings is 2. The van der Waals surface area contributed by atoms with E-state index in [9.17, 15) is 30.6 Å². The lowest BCUT2D eigenvalue weighted by Crippen LogP contribution is -2.47. The summed E-state index contributed by atoms with van der Waals surface area (Å²) in [5, 5.41) is 60.5. The Balaban J connectivity index is 1.55. The highest BCUT2D eigenvalue weighted by Crippen LogP contribution is 2.52. The van der Waals surface area contributed by atoms with Gasteiger partial charge in [-0.3, -0.25) is 0 Å². The predicted octanol–water partition coefficient (Wildman–Crippen LogP) is 0.224. The average Bonchev–Trinajstić information content (AvgIpc) is 3.19. The van der Waals surface area contributed by atoms with Crippen molar-refractivity contribution in [3.8, 4) is 28.7 Å². The fourth-order valence-electron chi connectivity index (χ4n) is 4.25. The zero-order chi connectivity index (χ0) is 20.5. The minimum atomic E-state index is -1.46. The van der Waals surface area contributed by atoms with Gasteiger partial charge in [-0.15, -0.1) is 0 Å². The quantitative estimate of drug-likeness (QED) is 0.367. The third-order valence-electron chi connectivity index (χ3n) is 5.78. The van der Waals surface area contributed by atoms with Crippen molar-refractivity contribution in [3.05, 3.63) is 41.0 Å². The summed E-state index contributed by atoms with van der Waals surface area (Å²) in [4.78, 5) is 0. The number of fused-ring (bicyclic) bond motifs is 3. The number of rotatable bonds is 1. The molecule has 9 heteroatoms. The van der Waals surface area contributed by atoms with Gasteiger partial charge < -0.3 is 44.8 Å². The van der Waals surface area contributed by atoms with E-state index in [0.717, 1.165) is 0 Å². The SMILES string of the molecule is Oc1ccc([C@H]2Oc3c(c(O)cc4c3C[C@]3(OC[C@@H](O)[C@@H]3O)O4)C[C@@H]2O)cc1O. The predicted molar refractivity (Wildman–Crippen MR) is 96.0 cm³/mol. The van der Waals surface area contributed by atoms with E-state index in [1.54, 1.807) is 0 Å². The lowest BCUT2D eigenvalue weighted by molar-refractivity contribution is -0.182. The first-order chi connectivity index (χ1) is 13.8. The lowest BCUT2D eigenvalue weighted by atomic mass is 9.90. The fraction of sp³-hybridized carbons (Fsp3) is 0.400. The van der Waals surface area contributed by atoms with Crippen molar-refractivity contribution in [2.75, 3.05) is 6.61 Å². The topological polar surface area (TPSA) is 149 Å². The van der Waals surface area contributed by atoms with Crippen LogP contribution in [0, 0.1) is 0 Å². The Morgan fingerprint density at radius 2 is 1.69 bits per heavy atom. The molecule has 3 heterocycles. The molecule has 0 aromatic heterocycles. The summed E-state index contributed by atoms with van der Waals surface area (Å²) in [7, 11) is 0. The van der Waals surface area contributed by atoms with E-state index in [1.807, 2.05) is 0 Å². The van der Waals surface area contributed by atoms with Crippen LogP contribution in [-0.2, 0) is 17.6 Å². The largest absolute Gasteiger partial charge is 0.507 e. The van der Waals surface area contributed by atoms with Crippen molar-refractivity contribution in [1.29, 1.82) is 0 Å². The maximum atomic E-state index is 10.6. The van der Waals surface area contributed by atoms with Crippen molar-refractivity contribution >= 4 is 0 Å². The van der Waals surface area contributed by atoms with Gasteiger partial charge in [0.2, 0.25) is 5.79 Å². The number of hydrogen-bond acceptors (Lipinski definition) is 9. The smallest absolute Gasteiger partial charge is 0.243 e. The van der Waals surface area contributed by atoms with Crippen LogP contribution in [0.4, 0.5) is 0 Å². The molecule has 6 N–H and O–H groups in total. The number of aromatic hydroxyl groups is 3. The molecule has 9 nitrogen and oxygen atoms in total. The molecule has 5 atom stereocenters. The van der Waals surface area contributed by atoms with Crippen LogP contribution in [0.3, 0.4) is 0 Å². The van der Waals surface area contributed by atoms with Crippen LogP contribution in [0.5, 0.6) is 28.7 Å². The third kappa shape index (κ3) is 2.62. The number of aliphatic hydroxyl groups excluding tert-OH is 3. The Labute approximate surface area is 164 Å². The standard InChI is InChI=1S/C20H20O9/c21-11-2-1-8(3-13(11)23)17-14(24)4-9-12(22)5-16-10(18(9)28-17)6-20(29-16)19(26)15(25)7-27-20/h1-3,5,14-15,17,19,21-26H,4,6-7H2/t14-,15+,17+,19-,20-/m0/s1. The van der Waals surface area contributed by atoms with Crippen LogP contribution in [0.2, 0.25) is 0 Å². The summed E-state index contributed by atoms with van der Waals surface area (Å²) in [6.45, 7) is -0.0850. The van der Waals surface area contributed by atoms with Crippen LogP contribution in [0.15, 0.2) is 24.3 Å².